The molecule has 9 atom stereocenters. The van der Waals surface area contributed by atoms with Gasteiger partial charge in [-0.15, -0.1) is 0 Å². The highest BCUT2D eigenvalue weighted by Crippen LogP contribution is 2.43. The number of aliphatic hydroxyl groups excluding tert-OH is 2. The second kappa shape index (κ2) is 18.4. The van der Waals surface area contributed by atoms with Gasteiger partial charge in [-0.2, -0.15) is 0 Å². The number of hydrogen-bond acceptors (Lipinski definition) is 7. The lowest BCUT2D eigenvalue weighted by Gasteiger charge is -2.41. The first-order valence-corrected chi connectivity index (χ1v) is 17.5. The van der Waals surface area contributed by atoms with Gasteiger partial charge in [-0.25, -0.2) is 0 Å². The van der Waals surface area contributed by atoms with Crippen LogP contribution in [0.4, 0.5) is 0 Å². The molecular weight excluding hydrogens is 576 g/mol. The van der Waals surface area contributed by atoms with Crippen molar-refractivity contribution in [2.75, 3.05) is 33.3 Å². The number of amides is 1. The minimum absolute atomic E-state index is 0.102. The number of hydrogen-bond donors (Lipinski definition) is 7. The highest BCUT2D eigenvalue weighted by Gasteiger charge is 2.47. The van der Waals surface area contributed by atoms with Crippen molar-refractivity contribution in [1.82, 2.24) is 4.90 Å². The molecule has 0 radical (unpaired) electrons. The number of nitrogens with zero attached hydrogens (tertiary/aromatic N) is 1. The molecule has 0 aromatic heterocycles. The van der Waals surface area contributed by atoms with E-state index in [-0.39, 0.29) is 53.5 Å². The van der Waals surface area contributed by atoms with E-state index in [4.69, 9.17) is 26.7 Å². The summed E-state index contributed by atoms with van der Waals surface area (Å²) in [5.41, 5.74) is 17.4. The largest absolute Gasteiger partial charge is 0.462 e. The summed E-state index contributed by atoms with van der Waals surface area (Å²) >= 11 is 0. The number of carbonyl (C=O) groups is 2. The number of nitrogens with two attached hydrogens (primary N) is 4. The van der Waals surface area contributed by atoms with Crippen LogP contribution >= 0.6 is 0 Å². The average molecular weight is 641 g/mol. The topological polar surface area (TPSA) is 205 Å². The third kappa shape index (κ3) is 12.3. The molecule has 12 heteroatoms. The summed E-state index contributed by atoms with van der Waals surface area (Å²) < 4.78 is 11.4. The lowest BCUT2D eigenvalue weighted by Crippen LogP contribution is -2.94. The molecule has 3 rings (SSSR count). The number of esters is 1. The summed E-state index contributed by atoms with van der Waals surface area (Å²) in [7, 11) is 1.63. The maximum atomic E-state index is 13.6. The van der Waals surface area contributed by atoms with Gasteiger partial charge in [0.25, 0.3) is 0 Å². The fourth-order valence-electron chi connectivity index (χ4n) is 8.27. The second-order valence-corrected chi connectivity index (χ2v) is 14.4. The van der Waals surface area contributed by atoms with Crippen molar-refractivity contribution in [2.24, 2.45) is 40.4 Å². The zero-order valence-electron chi connectivity index (χ0n) is 28.1. The molecule has 12 nitrogen and oxygen atoms in total. The van der Waals surface area contributed by atoms with E-state index in [0.29, 0.717) is 57.7 Å². The molecule has 1 aliphatic carbocycles. The van der Waals surface area contributed by atoms with E-state index in [1.807, 2.05) is 4.90 Å². The van der Waals surface area contributed by atoms with Crippen LogP contribution in [0.15, 0.2) is 0 Å². The second-order valence-electron chi connectivity index (χ2n) is 14.4. The van der Waals surface area contributed by atoms with E-state index >= 15 is 0 Å². The Labute approximate surface area is 270 Å². The van der Waals surface area contributed by atoms with Gasteiger partial charge in [0.1, 0.15) is 12.3 Å². The van der Waals surface area contributed by atoms with Crippen LogP contribution in [0.2, 0.25) is 0 Å². The number of nitrogens with one attached hydrogen (secondary N) is 1. The molecule has 260 valence electrons. The number of unbranched alkanes of at least 4 members (excludes halogenated alkanes) is 2. The number of rotatable bonds is 18. The molecular formula is C33H64N6O6+2. The summed E-state index contributed by atoms with van der Waals surface area (Å²) in [5.74, 6) is 0.567. The lowest BCUT2D eigenvalue weighted by molar-refractivity contribution is -0.699. The van der Waals surface area contributed by atoms with Gasteiger partial charge in [-0.3, -0.25) is 31.8 Å². The van der Waals surface area contributed by atoms with Crippen molar-refractivity contribution >= 4 is 17.8 Å². The van der Waals surface area contributed by atoms with Crippen LogP contribution in [-0.2, 0) is 19.1 Å². The number of ether oxygens (including phenoxy) is 2. The first kappa shape index (κ1) is 37.5. The molecule has 6 unspecified atom stereocenters. The van der Waals surface area contributed by atoms with Crippen molar-refractivity contribution in [3.05, 3.63) is 0 Å². The standard InChI is InChI=1S/C33H62N6O6/c1-4-5-6-7-26(41)17-27(45-22(2)40)9-8-23-14-25(31(43)28(15-23)44-3)20-39-21-33(19-30(39)42,11-13-38-32(35)36)18-24-10-12-37-29(34)16-24/h23-29,31,37,41,43H,4-21,34H2,1-3H3,(H4,35,36,38)/p+2/t23?,24?,25?,26-,27+,28?,29?,31?,33-/m0/s1. The van der Waals surface area contributed by atoms with Crippen LogP contribution < -0.4 is 27.5 Å². The molecule has 11 N–H and O–H groups in total. The minimum atomic E-state index is -0.668. The molecule has 3 aliphatic rings. The van der Waals surface area contributed by atoms with E-state index in [1.165, 1.54) is 6.92 Å². The molecule has 2 aliphatic heterocycles. The van der Waals surface area contributed by atoms with Gasteiger partial charge in [0.2, 0.25) is 5.91 Å². The predicted molar refractivity (Wildman–Crippen MR) is 172 cm³/mol. The summed E-state index contributed by atoms with van der Waals surface area (Å²) in [6.45, 7) is 6.28. The Morgan fingerprint density at radius 2 is 1.98 bits per heavy atom. The van der Waals surface area contributed by atoms with E-state index in [1.54, 1.807) is 7.11 Å². The summed E-state index contributed by atoms with van der Waals surface area (Å²) in [5, 5.41) is 24.1. The normalized spacial score (nSPS) is 31.9. The number of guanidine groups is 1. The van der Waals surface area contributed by atoms with Crippen LogP contribution in [0.25, 0.3) is 0 Å². The van der Waals surface area contributed by atoms with Crippen LogP contribution in [-0.4, -0.2) is 96.8 Å². The van der Waals surface area contributed by atoms with Crippen molar-refractivity contribution in [3.8, 4) is 0 Å². The Morgan fingerprint density at radius 3 is 2.64 bits per heavy atom. The molecule has 2 heterocycles. The fraction of sp³-hybridized carbons (Fsp3) is 0.909. The Balaban J connectivity index is 1.65. The number of carbonyl (C=O) groups excluding carboxylic acids is 2. The van der Waals surface area contributed by atoms with Gasteiger partial charge < -0.3 is 29.9 Å². The van der Waals surface area contributed by atoms with Gasteiger partial charge in [0.15, 0.2) is 0 Å². The fourth-order valence-corrected chi connectivity index (χ4v) is 8.27. The van der Waals surface area contributed by atoms with Crippen LogP contribution in [0, 0.1) is 23.2 Å². The number of quaternary nitrogens is 1. The Morgan fingerprint density at radius 1 is 1.20 bits per heavy atom. The van der Waals surface area contributed by atoms with Gasteiger partial charge in [-0.05, 0) is 68.6 Å². The number of likely N-dealkylation sites (tertiary alicyclic amines) is 1. The van der Waals surface area contributed by atoms with Crippen molar-refractivity contribution in [2.45, 2.75) is 134 Å². The first-order valence-electron chi connectivity index (χ1n) is 17.5. The van der Waals surface area contributed by atoms with Gasteiger partial charge in [0, 0.05) is 52.3 Å². The quantitative estimate of drug-likeness (QED) is 0.0426. The molecule has 1 amide bonds. The smallest absolute Gasteiger partial charge is 0.338 e. The molecule has 1 saturated carbocycles. The van der Waals surface area contributed by atoms with Crippen molar-refractivity contribution in [1.29, 1.82) is 0 Å². The van der Waals surface area contributed by atoms with Crippen LogP contribution in [0.3, 0.4) is 0 Å². The van der Waals surface area contributed by atoms with Gasteiger partial charge in [-0.1, -0.05) is 26.2 Å². The number of methoxy groups -OCH3 is 1. The van der Waals surface area contributed by atoms with E-state index in [9.17, 15) is 19.8 Å². The van der Waals surface area contributed by atoms with Crippen molar-refractivity contribution in [3.63, 3.8) is 0 Å². The first-order chi connectivity index (χ1) is 21.4. The molecule has 0 spiro atoms. The molecule has 2 saturated heterocycles. The predicted octanol–water partition coefficient (Wildman–Crippen LogP) is -0.957. The molecule has 0 aromatic rings. The van der Waals surface area contributed by atoms with Crippen LogP contribution in [0.1, 0.15) is 104 Å². The summed E-state index contributed by atoms with van der Waals surface area (Å²) in [6, 6.07) is 0. The highest BCUT2D eigenvalue weighted by molar-refractivity contribution is 5.79. The van der Waals surface area contributed by atoms with E-state index in [2.05, 4.69) is 17.2 Å². The Kier molecular flexibility index (Phi) is 15.3. The van der Waals surface area contributed by atoms with Gasteiger partial charge in [0.05, 0.1) is 31.4 Å². The van der Waals surface area contributed by atoms with Crippen molar-refractivity contribution < 1.29 is 39.6 Å². The third-order valence-corrected chi connectivity index (χ3v) is 10.5. The lowest BCUT2D eigenvalue weighted by atomic mass is 9.73. The Hall–Kier alpha value is -1.99. The summed E-state index contributed by atoms with van der Waals surface area (Å²) in [4.78, 5) is 30.4. The molecule has 0 aromatic carbocycles. The monoisotopic (exact) mass is 640 g/mol. The van der Waals surface area contributed by atoms with E-state index < -0.39 is 12.2 Å². The Bertz CT molecular complexity index is 951. The molecule has 45 heavy (non-hydrogen) atoms. The van der Waals surface area contributed by atoms with Crippen LogP contribution in [0.5, 0.6) is 0 Å². The highest BCUT2D eigenvalue weighted by atomic mass is 16.5. The zero-order valence-corrected chi connectivity index (χ0v) is 28.1. The van der Waals surface area contributed by atoms with Gasteiger partial charge >= 0.3 is 11.9 Å². The molecule has 0 bridgehead atoms. The third-order valence-electron chi connectivity index (χ3n) is 10.5. The molecule has 3 fully saturated rings. The van der Waals surface area contributed by atoms with E-state index in [0.717, 1.165) is 64.3 Å². The minimum Gasteiger partial charge on any atom is -0.462 e. The summed E-state index contributed by atoms with van der Waals surface area (Å²) in [6.07, 6.45) is 9.67. The maximum absolute atomic E-state index is 13.6. The SMILES string of the molecule is CCCCC[C@H](O)C[C@@H](CCC1CC(CN2C[C@@](CC[NH+]=C(N)N)(CC3CC[NH2+]C(N)C3)CC2=O)C(O)C(OC)C1)OC(C)=O. The average Bonchev–Trinajstić information content (AvgIpc) is 3.26. The number of piperidine rings is 1. The number of aliphatic hydroxyl groups is 2. The zero-order chi connectivity index (χ0) is 33.0. The maximum Gasteiger partial charge on any atom is 0.338 e.